The smallest absolute Gasteiger partial charge is 0.657 e. The summed E-state index contributed by atoms with van der Waals surface area (Å²) < 4.78 is 0. The number of carboxylic acids is 2. The molecule has 5 heterocycles. The summed E-state index contributed by atoms with van der Waals surface area (Å²) in [5, 5.41) is 44.7. The van der Waals surface area contributed by atoms with Crippen LogP contribution in [-0.2, 0) is 44.3 Å². The molecule has 2 atom stereocenters. The summed E-state index contributed by atoms with van der Waals surface area (Å²) in [6.07, 6.45) is 2.48. The van der Waals surface area contributed by atoms with Crippen LogP contribution in [0.25, 0.3) is 39.3 Å². The van der Waals surface area contributed by atoms with E-state index in [1.807, 2.05) is 32.9 Å². The van der Waals surface area contributed by atoms with Crippen LogP contribution in [0.2, 0.25) is 0 Å². The van der Waals surface area contributed by atoms with Crippen molar-refractivity contribution in [3.63, 3.8) is 0 Å². The van der Waals surface area contributed by atoms with Gasteiger partial charge in [-0.3, -0.25) is 9.78 Å². The van der Waals surface area contributed by atoms with Crippen molar-refractivity contribution < 1.29 is 47.1 Å². The van der Waals surface area contributed by atoms with E-state index in [1.165, 1.54) is 13.0 Å². The Morgan fingerprint density at radius 2 is 1.67 bits per heavy atom. The standard InChI is InChI=1S/C34H36N4O6.Fe/c1-7-20-17(3)23-13-24-19(5)22(9-10-31(39)40)28(37-24)16-30-34(44,12-11-32(41)42)33(6,43)29(38-30)15-27-21(8-2)18(4)25(36-27)14-26(20)35-23;/h7-8,13-16,43-44H,1-2,9-12H2,3-6H3,(H4,35,36,37,38,39,40,41,42);/q;+2/p-2/t33-,34-;/m1./s1. The Morgan fingerprint density at radius 3 is 2.29 bits per heavy atom. The van der Waals surface area contributed by atoms with Crippen molar-refractivity contribution in [2.24, 2.45) is 0 Å². The molecular weight excluding hydrogens is 616 g/mol. The van der Waals surface area contributed by atoms with Crippen LogP contribution in [0.1, 0.15) is 78.1 Å². The quantitative estimate of drug-likeness (QED) is 0.263. The monoisotopic (exact) mass is 650 g/mol. The van der Waals surface area contributed by atoms with Gasteiger partial charge in [0.25, 0.3) is 0 Å². The molecular formula is C34H34FeN4O6. The van der Waals surface area contributed by atoms with Crippen molar-refractivity contribution in [3.05, 3.63) is 88.5 Å². The fourth-order valence-corrected chi connectivity index (χ4v) is 6.03. The number of aliphatic hydroxyl groups is 2. The Bertz CT molecular complexity index is 1950. The van der Waals surface area contributed by atoms with Gasteiger partial charge in [0.2, 0.25) is 0 Å². The third kappa shape index (κ3) is 5.68. The minimum Gasteiger partial charge on any atom is -0.657 e. The second-order valence-electron chi connectivity index (χ2n) is 11.5. The second kappa shape index (κ2) is 12.3. The molecule has 0 aliphatic carbocycles. The number of aryl methyl sites for hydroxylation is 3. The number of aromatic amines is 1. The molecule has 0 saturated heterocycles. The van der Waals surface area contributed by atoms with Crippen molar-refractivity contribution in [1.29, 1.82) is 0 Å². The summed E-state index contributed by atoms with van der Waals surface area (Å²) in [4.78, 5) is 40.7. The average Bonchev–Trinajstić information content (AvgIpc) is 3.58. The summed E-state index contributed by atoms with van der Waals surface area (Å²) in [7, 11) is 0. The van der Waals surface area contributed by atoms with Gasteiger partial charge < -0.3 is 35.2 Å². The first-order valence-corrected chi connectivity index (χ1v) is 14.2. The molecule has 11 heteroatoms. The molecule has 2 aliphatic heterocycles. The van der Waals surface area contributed by atoms with Crippen LogP contribution in [0.4, 0.5) is 0 Å². The van der Waals surface area contributed by atoms with Crippen LogP contribution in [0, 0.1) is 13.8 Å². The summed E-state index contributed by atoms with van der Waals surface area (Å²) in [6, 6.07) is 6.83. The van der Waals surface area contributed by atoms with Gasteiger partial charge in [0.15, 0.2) is 0 Å². The van der Waals surface area contributed by atoms with E-state index in [0.29, 0.717) is 39.1 Å². The van der Waals surface area contributed by atoms with Crippen LogP contribution in [0.15, 0.2) is 43.5 Å². The zero-order valence-corrected chi connectivity index (χ0v) is 26.6. The van der Waals surface area contributed by atoms with E-state index in [1.54, 1.807) is 18.2 Å². The van der Waals surface area contributed by atoms with E-state index in [2.05, 4.69) is 23.1 Å². The Morgan fingerprint density at radius 1 is 0.956 bits per heavy atom. The largest absolute Gasteiger partial charge is 2.00 e. The van der Waals surface area contributed by atoms with Crippen LogP contribution in [-0.4, -0.2) is 42.2 Å². The van der Waals surface area contributed by atoms with Crippen molar-refractivity contribution >= 4 is 51.2 Å². The molecule has 4 N–H and O–H groups in total. The normalized spacial score (nSPS) is 19.2. The number of carbonyl (C=O) groups is 2. The molecule has 0 radical (unpaired) electrons. The molecule has 45 heavy (non-hydrogen) atoms. The average molecular weight is 651 g/mol. The molecule has 8 bridgehead atoms. The summed E-state index contributed by atoms with van der Waals surface area (Å²) in [5.74, 6) is -2.38. The molecule has 234 valence electrons. The fourth-order valence-electron chi connectivity index (χ4n) is 6.03. The molecule has 10 nitrogen and oxygen atoms in total. The maximum atomic E-state index is 12.0. The van der Waals surface area contributed by atoms with Crippen LogP contribution < -0.4 is 10.1 Å². The molecule has 0 unspecified atom stereocenters. The fraction of sp³-hybridized carbons (Fsp3) is 0.294. The number of carbonyl (C=O) groups excluding carboxylic acids is 1. The number of aliphatic carboxylic acids is 2. The zero-order valence-electron chi connectivity index (χ0n) is 25.5. The van der Waals surface area contributed by atoms with Gasteiger partial charge in [-0.15, -0.1) is 11.0 Å². The van der Waals surface area contributed by atoms with Crippen molar-refractivity contribution in [2.45, 2.75) is 64.6 Å². The predicted molar refractivity (Wildman–Crippen MR) is 166 cm³/mol. The van der Waals surface area contributed by atoms with Gasteiger partial charge >= 0.3 is 23.0 Å². The van der Waals surface area contributed by atoms with Crippen molar-refractivity contribution in [2.75, 3.05) is 0 Å². The Kier molecular flexibility index (Phi) is 9.15. The first kappa shape index (κ1) is 33.6. The molecule has 0 aromatic carbocycles. The number of fused-ring (bicyclic) bond motifs is 8. The van der Waals surface area contributed by atoms with Crippen molar-refractivity contribution in [1.82, 2.24) is 19.9 Å². The van der Waals surface area contributed by atoms with Gasteiger partial charge in [0.05, 0.1) is 22.8 Å². The first-order chi connectivity index (χ1) is 20.7. The van der Waals surface area contributed by atoms with Gasteiger partial charge in [0, 0.05) is 34.6 Å². The third-order valence-electron chi connectivity index (χ3n) is 8.83. The van der Waals surface area contributed by atoms with Gasteiger partial charge in [-0.2, -0.15) is 0 Å². The molecule has 2 aliphatic rings. The van der Waals surface area contributed by atoms with E-state index in [9.17, 15) is 30.0 Å². The minimum absolute atomic E-state index is 0. The minimum atomic E-state index is -2.10. The Labute approximate surface area is 270 Å². The van der Waals surface area contributed by atoms with Gasteiger partial charge in [0.1, 0.15) is 11.2 Å². The Balaban J connectivity index is 0.00000461. The first-order valence-electron chi connectivity index (χ1n) is 14.2. The molecule has 0 spiro atoms. The van der Waals surface area contributed by atoms with Crippen LogP contribution in [0.5, 0.6) is 0 Å². The number of rotatable bonds is 8. The number of allylic oxidation sites excluding steroid dienone is 3. The van der Waals surface area contributed by atoms with Gasteiger partial charge in [-0.25, -0.2) is 4.98 Å². The van der Waals surface area contributed by atoms with E-state index >= 15 is 0 Å². The Hall–Kier alpha value is -4.28. The number of carboxylic acid groups (broad SMARTS) is 2. The number of H-pyrrole nitrogens is 1. The summed E-state index contributed by atoms with van der Waals surface area (Å²) >= 11 is 0. The number of aromatic nitrogens is 4. The van der Waals surface area contributed by atoms with Crippen LogP contribution in [0.3, 0.4) is 0 Å². The zero-order chi connectivity index (χ0) is 32.1. The van der Waals surface area contributed by atoms with Crippen molar-refractivity contribution in [3.8, 4) is 0 Å². The van der Waals surface area contributed by atoms with E-state index < -0.39 is 29.6 Å². The molecule has 0 amide bonds. The number of nitrogens with zero attached hydrogens (tertiary/aromatic N) is 3. The molecule has 3 aromatic rings. The van der Waals surface area contributed by atoms with E-state index in [4.69, 9.17) is 9.97 Å². The SMILES string of the molecule is C=CC1=C(C)c2cc3[n-]c(cc4nc(cc5[nH]c(cc1n2)c(C)c5C=C)[C@@](C)(O)[C@@]4(O)CCC(=O)O)c(CCC(=O)[O-])c3C.[Fe+2]. The van der Waals surface area contributed by atoms with E-state index in [-0.39, 0.29) is 47.7 Å². The van der Waals surface area contributed by atoms with Crippen LogP contribution >= 0.6 is 0 Å². The summed E-state index contributed by atoms with van der Waals surface area (Å²) in [5.41, 5.74) is 4.23. The predicted octanol–water partition coefficient (Wildman–Crippen LogP) is 3.96. The third-order valence-corrected chi connectivity index (χ3v) is 8.83. The molecule has 0 saturated carbocycles. The number of hydrogen-bond acceptors (Lipinski definition) is 7. The maximum absolute atomic E-state index is 12.0. The van der Waals surface area contributed by atoms with Gasteiger partial charge in [-0.1, -0.05) is 48.6 Å². The molecule has 0 fully saturated rings. The maximum Gasteiger partial charge on any atom is 2.00 e. The molecule has 5 rings (SSSR count). The second-order valence-corrected chi connectivity index (χ2v) is 11.5. The number of nitrogens with one attached hydrogen (secondary N) is 1. The topological polar surface area (TPSA) is 174 Å². The number of hydrogen-bond donors (Lipinski definition) is 4. The van der Waals surface area contributed by atoms with Gasteiger partial charge in [-0.05, 0) is 70.2 Å². The van der Waals surface area contributed by atoms with E-state index in [0.717, 1.165) is 27.8 Å². The summed E-state index contributed by atoms with van der Waals surface area (Å²) in [6.45, 7) is 15.0. The molecule has 3 aromatic heterocycles.